The molecule has 1 aromatic heterocycles. The van der Waals surface area contributed by atoms with Crippen molar-refractivity contribution in [3.63, 3.8) is 0 Å². The number of rotatable bonds is 4. The van der Waals surface area contributed by atoms with E-state index in [1.165, 1.54) is 5.01 Å². The lowest BCUT2D eigenvalue weighted by atomic mass is 10.1. The van der Waals surface area contributed by atoms with E-state index in [1.807, 2.05) is 24.3 Å². The highest BCUT2D eigenvalue weighted by Crippen LogP contribution is 2.23. The molecular formula is C15H19N3OS. The van der Waals surface area contributed by atoms with Crippen molar-refractivity contribution in [3.8, 4) is 11.3 Å². The second kappa shape index (κ2) is 6.35. The average molecular weight is 289 g/mol. The monoisotopic (exact) mass is 289 g/mol. The summed E-state index contributed by atoms with van der Waals surface area (Å²) >= 11 is 1.74. The van der Waals surface area contributed by atoms with E-state index in [2.05, 4.69) is 10.3 Å². The molecule has 0 radical (unpaired) electrons. The van der Waals surface area contributed by atoms with Gasteiger partial charge in [-0.25, -0.2) is 4.98 Å². The minimum atomic E-state index is 0.788. The van der Waals surface area contributed by atoms with Gasteiger partial charge in [-0.05, 0) is 12.1 Å². The van der Waals surface area contributed by atoms with Crippen molar-refractivity contribution < 1.29 is 4.74 Å². The Morgan fingerprint density at radius 1 is 1.20 bits per heavy atom. The van der Waals surface area contributed by atoms with E-state index in [1.54, 1.807) is 11.3 Å². The zero-order valence-electron chi connectivity index (χ0n) is 11.4. The van der Waals surface area contributed by atoms with Crippen LogP contribution in [0.3, 0.4) is 0 Å². The Morgan fingerprint density at radius 3 is 2.70 bits per heavy atom. The number of nitrogens with zero attached hydrogens (tertiary/aromatic N) is 2. The molecule has 0 saturated carbocycles. The predicted molar refractivity (Wildman–Crippen MR) is 82.9 cm³/mol. The highest BCUT2D eigenvalue weighted by atomic mass is 32.1. The van der Waals surface area contributed by atoms with Gasteiger partial charge in [0, 0.05) is 42.7 Å². The lowest BCUT2D eigenvalue weighted by Gasteiger charge is -2.25. The Balaban J connectivity index is 1.60. The van der Waals surface area contributed by atoms with Crippen LogP contribution in [-0.4, -0.2) is 42.7 Å². The molecule has 1 aliphatic rings. The summed E-state index contributed by atoms with van der Waals surface area (Å²) in [7, 11) is 0. The Kier molecular flexibility index (Phi) is 4.30. The third-order valence-corrected chi connectivity index (χ3v) is 4.41. The van der Waals surface area contributed by atoms with Gasteiger partial charge in [0.2, 0.25) is 0 Å². The van der Waals surface area contributed by atoms with E-state index in [-0.39, 0.29) is 0 Å². The van der Waals surface area contributed by atoms with Crippen molar-refractivity contribution >= 4 is 17.0 Å². The number of hydrogen-bond acceptors (Lipinski definition) is 5. The van der Waals surface area contributed by atoms with Gasteiger partial charge >= 0.3 is 0 Å². The lowest BCUT2D eigenvalue weighted by molar-refractivity contribution is 0.0384. The summed E-state index contributed by atoms with van der Waals surface area (Å²) in [4.78, 5) is 7.15. The summed E-state index contributed by atoms with van der Waals surface area (Å²) in [5.74, 6) is 0. The quantitative estimate of drug-likeness (QED) is 0.877. The van der Waals surface area contributed by atoms with Gasteiger partial charge in [-0.3, -0.25) is 4.90 Å². The number of benzene rings is 1. The summed E-state index contributed by atoms with van der Waals surface area (Å²) < 4.78 is 5.36. The van der Waals surface area contributed by atoms with E-state index in [0.29, 0.717) is 0 Å². The van der Waals surface area contributed by atoms with Gasteiger partial charge in [0.15, 0.2) is 0 Å². The van der Waals surface area contributed by atoms with Gasteiger partial charge in [0.1, 0.15) is 0 Å². The summed E-state index contributed by atoms with van der Waals surface area (Å²) in [6.45, 7) is 4.85. The molecular weight excluding hydrogens is 270 g/mol. The number of morpholine rings is 1. The minimum absolute atomic E-state index is 0.788. The zero-order chi connectivity index (χ0) is 13.8. The van der Waals surface area contributed by atoms with Crippen LogP contribution in [-0.2, 0) is 11.2 Å². The maximum Gasteiger partial charge on any atom is 0.0945 e. The lowest BCUT2D eigenvalue weighted by Crippen LogP contribution is -2.37. The molecule has 1 aromatic carbocycles. The van der Waals surface area contributed by atoms with Gasteiger partial charge in [-0.15, -0.1) is 11.3 Å². The van der Waals surface area contributed by atoms with Crippen LogP contribution in [0.2, 0.25) is 0 Å². The normalized spacial score (nSPS) is 16.4. The topological polar surface area (TPSA) is 51.4 Å². The van der Waals surface area contributed by atoms with E-state index in [4.69, 9.17) is 15.5 Å². The second-order valence-corrected chi connectivity index (χ2v) is 5.90. The van der Waals surface area contributed by atoms with Crippen LogP contribution in [0.1, 0.15) is 5.01 Å². The SMILES string of the molecule is Nc1ccc(-c2csc(CCN3CCOCC3)n2)cc1. The highest BCUT2D eigenvalue weighted by Gasteiger charge is 2.11. The standard InChI is InChI=1S/C15H19N3OS/c16-13-3-1-12(2-4-13)14-11-20-15(17-14)5-6-18-7-9-19-10-8-18/h1-4,11H,5-10,16H2. The Labute approximate surface area is 123 Å². The van der Waals surface area contributed by atoms with E-state index >= 15 is 0 Å². The Hall–Kier alpha value is -1.43. The van der Waals surface area contributed by atoms with Crippen molar-refractivity contribution in [2.24, 2.45) is 0 Å². The number of anilines is 1. The molecule has 4 nitrogen and oxygen atoms in total. The number of ether oxygens (including phenoxy) is 1. The molecule has 5 heteroatoms. The average Bonchev–Trinajstić information content (AvgIpc) is 2.96. The van der Waals surface area contributed by atoms with Crippen LogP contribution in [0.15, 0.2) is 29.6 Å². The molecule has 0 atom stereocenters. The largest absolute Gasteiger partial charge is 0.399 e. The first-order valence-electron chi connectivity index (χ1n) is 6.92. The van der Waals surface area contributed by atoms with Gasteiger partial charge in [0.05, 0.1) is 23.9 Å². The molecule has 1 aliphatic heterocycles. The van der Waals surface area contributed by atoms with E-state index < -0.39 is 0 Å². The third kappa shape index (κ3) is 3.36. The number of hydrogen-bond donors (Lipinski definition) is 1. The molecule has 3 rings (SSSR count). The molecule has 20 heavy (non-hydrogen) atoms. The molecule has 0 spiro atoms. The number of thiazole rings is 1. The van der Waals surface area contributed by atoms with E-state index in [0.717, 1.165) is 56.2 Å². The van der Waals surface area contributed by atoms with Gasteiger partial charge in [-0.1, -0.05) is 12.1 Å². The summed E-state index contributed by atoms with van der Waals surface area (Å²) in [5, 5.41) is 3.32. The smallest absolute Gasteiger partial charge is 0.0945 e. The Morgan fingerprint density at radius 2 is 1.95 bits per heavy atom. The maximum atomic E-state index is 5.71. The first-order valence-corrected chi connectivity index (χ1v) is 7.79. The molecule has 2 heterocycles. The summed E-state index contributed by atoms with van der Waals surface area (Å²) in [6.07, 6.45) is 1.01. The number of aromatic nitrogens is 1. The molecule has 0 aliphatic carbocycles. The summed E-state index contributed by atoms with van der Waals surface area (Å²) in [6, 6.07) is 7.89. The fourth-order valence-corrected chi connectivity index (χ4v) is 3.09. The fraction of sp³-hybridized carbons (Fsp3) is 0.400. The maximum absolute atomic E-state index is 5.71. The second-order valence-electron chi connectivity index (χ2n) is 4.95. The molecule has 2 aromatic rings. The van der Waals surface area contributed by atoms with Crippen LogP contribution in [0.4, 0.5) is 5.69 Å². The van der Waals surface area contributed by atoms with Crippen molar-refractivity contribution in [1.29, 1.82) is 0 Å². The summed E-state index contributed by atoms with van der Waals surface area (Å²) in [5.41, 5.74) is 8.68. The molecule has 106 valence electrons. The van der Waals surface area contributed by atoms with Crippen LogP contribution in [0, 0.1) is 0 Å². The molecule has 2 N–H and O–H groups in total. The van der Waals surface area contributed by atoms with E-state index in [9.17, 15) is 0 Å². The third-order valence-electron chi connectivity index (χ3n) is 3.50. The van der Waals surface area contributed by atoms with Crippen molar-refractivity contribution in [2.75, 3.05) is 38.6 Å². The molecule has 0 unspecified atom stereocenters. The molecule has 0 bridgehead atoms. The minimum Gasteiger partial charge on any atom is -0.399 e. The van der Waals surface area contributed by atoms with Crippen molar-refractivity contribution in [3.05, 3.63) is 34.7 Å². The van der Waals surface area contributed by atoms with Crippen LogP contribution < -0.4 is 5.73 Å². The predicted octanol–water partition coefficient (Wildman–Crippen LogP) is 2.27. The zero-order valence-corrected chi connectivity index (χ0v) is 12.2. The Bertz CT molecular complexity index is 547. The fourth-order valence-electron chi connectivity index (χ4n) is 2.29. The van der Waals surface area contributed by atoms with Crippen molar-refractivity contribution in [1.82, 2.24) is 9.88 Å². The number of nitrogen functional groups attached to an aromatic ring is 1. The van der Waals surface area contributed by atoms with Crippen LogP contribution >= 0.6 is 11.3 Å². The number of nitrogens with two attached hydrogens (primary N) is 1. The van der Waals surface area contributed by atoms with Crippen molar-refractivity contribution in [2.45, 2.75) is 6.42 Å². The first kappa shape index (κ1) is 13.5. The van der Waals surface area contributed by atoms with Gasteiger partial charge in [-0.2, -0.15) is 0 Å². The molecule has 1 saturated heterocycles. The molecule has 0 amide bonds. The highest BCUT2D eigenvalue weighted by molar-refractivity contribution is 7.09. The molecule has 1 fully saturated rings. The van der Waals surface area contributed by atoms with Gasteiger partial charge in [0.25, 0.3) is 0 Å². The first-order chi connectivity index (χ1) is 9.81. The van der Waals surface area contributed by atoms with Crippen LogP contribution in [0.25, 0.3) is 11.3 Å². The van der Waals surface area contributed by atoms with Gasteiger partial charge < -0.3 is 10.5 Å². The van der Waals surface area contributed by atoms with Crippen LogP contribution in [0.5, 0.6) is 0 Å².